The molecule has 1 aromatic carbocycles. The molecule has 0 atom stereocenters. The van der Waals surface area contributed by atoms with E-state index in [1.54, 1.807) is 0 Å². The molecule has 1 aromatic rings. The molecule has 3 nitrogen and oxygen atoms in total. The van der Waals surface area contributed by atoms with Crippen LogP contribution in [0.5, 0.6) is 0 Å². The summed E-state index contributed by atoms with van der Waals surface area (Å²) in [4.78, 5) is 13.8. The van der Waals surface area contributed by atoms with Gasteiger partial charge in [0.1, 0.15) is 11.6 Å². The normalized spacial score (nSPS) is 10.8. The quantitative estimate of drug-likeness (QED) is 0.616. The summed E-state index contributed by atoms with van der Waals surface area (Å²) < 4.78 is 26.0. The minimum Gasteiger partial charge on any atom is -0.355 e. The van der Waals surface area contributed by atoms with Crippen molar-refractivity contribution < 1.29 is 13.6 Å². The first-order valence-electron chi connectivity index (χ1n) is 5.98. The van der Waals surface area contributed by atoms with Gasteiger partial charge in [-0.25, -0.2) is 8.78 Å². The van der Waals surface area contributed by atoms with Gasteiger partial charge in [0.25, 0.3) is 0 Å². The Morgan fingerprint density at radius 3 is 2.74 bits per heavy atom. The lowest BCUT2D eigenvalue weighted by Crippen LogP contribution is -2.28. The zero-order valence-corrected chi connectivity index (χ0v) is 11.9. The molecule has 0 unspecified atom stereocenters. The van der Waals surface area contributed by atoms with Crippen molar-refractivity contribution in [3.8, 4) is 0 Å². The first-order chi connectivity index (χ1) is 8.99. The van der Waals surface area contributed by atoms with Crippen molar-refractivity contribution in [3.05, 3.63) is 29.8 Å². The first kappa shape index (κ1) is 15.9. The molecule has 0 spiro atoms. The van der Waals surface area contributed by atoms with E-state index in [9.17, 15) is 13.6 Å². The van der Waals surface area contributed by atoms with Crippen molar-refractivity contribution in [2.45, 2.75) is 11.3 Å². The monoisotopic (exact) mass is 288 g/mol. The van der Waals surface area contributed by atoms with Crippen LogP contribution in [0.1, 0.15) is 6.42 Å². The summed E-state index contributed by atoms with van der Waals surface area (Å²) >= 11 is 1.06. The second kappa shape index (κ2) is 8.12. The molecule has 1 N–H and O–H groups in total. The van der Waals surface area contributed by atoms with Gasteiger partial charge < -0.3 is 10.2 Å². The number of amides is 1. The van der Waals surface area contributed by atoms with Crippen molar-refractivity contribution in [3.63, 3.8) is 0 Å². The van der Waals surface area contributed by atoms with Gasteiger partial charge in [-0.15, -0.1) is 11.8 Å². The molecule has 0 bridgehead atoms. The van der Waals surface area contributed by atoms with E-state index < -0.39 is 11.6 Å². The minimum absolute atomic E-state index is 0.129. The van der Waals surface area contributed by atoms with E-state index in [0.29, 0.717) is 6.54 Å². The van der Waals surface area contributed by atoms with Crippen LogP contribution in [0.25, 0.3) is 0 Å². The van der Waals surface area contributed by atoms with Crippen LogP contribution in [-0.2, 0) is 4.79 Å². The Hall–Kier alpha value is -1.14. The Balaban J connectivity index is 2.26. The van der Waals surface area contributed by atoms with Gasteiger partial charge in [-0.2, -0.15) is 0 Å². The fraction of sp³-hybridized carbons (Fsp3) is 0.462. The number of carbonyl (C=O) groups is 1. The van der Waals surface area contributed by atoms with Crippen molar-refractivity contribution >= 4 is 17.7 Å². The van der Waals surface area contributed by atoms with E-state index in [-0.39, 0.29) is 16.6 Å². The number of thioether (sulfide) groups is 1. The average Bonchev–Trinajstić information content (AvgIpc) is 2.33. The summed E-state index contributed by atoms with van der Waals surface area (Å²) in [6, 6.07) is 3.34. The minimum atomic E-state index is -0.634. The van der Waals surface area contributed by atoms with Gasteiger partial charge in [-0.1, -0.05) is 0 Å². The number of nitrogens with one attached hydrogen (secondary N) is 1. The fourth-order valence-electron chi connectivity index (χ4n) is 1.41. The van der Waals surface area contributed by atoms with Gasteiger partial charge in [0.2, 0.25) is 5.91 Å². The van der Waals surface area contributed by atoms with E-state index in [2.05, 4.69) is 5.32 Å². The lowest BCUT2D eigenvalue weighted by atomic mass is 10.3. The summed E-state index contributed by atoms with van der Waals surface area (Å²) in [5, 5.41) is 2.76. The number of benzene rings is 1. The van der Waals surface area contributed by atoms with E-state index in [0.717, 1.165) is 30.8 Å². The fourth-order valence-corrected chi connectivity index (χ4v) is 2.16. The van der Waals surface area contributed by atoms with Gasteiger partial charge in [0.15, 0.2) is 0 Å². The zero-order valence-electron chi connectivity index (χ0n) is 11.1. The van der Waals surface area contributed by atoms with Crippen LogP contribution in [0, 0.1) is 11.6 Å². The molecule has 19 heavy (non-hydrogen) atoms. The summed E-state index contributed by atoms with van der Waals surface area (Å²) in [5.41, 5.74) is 0. The van der Waals surface area contributed by atoms with Crippen LogP contribution in [0.15, 0.2) is 23.1 Å². The summed E-state index contributed by atoms with van der Waals surface area (Å²) in [6.45, 7) is 1.50. The molecule has 0 aliphatic rings. The van der Waals surface area contributed by atoms with E-state index in [1.807, 2.05) is 19.0 Å². The number of hydrogen-bond donors (Lipinski definition) is 1. The molecule has 106 valence electrons. The Morgan fingerprint density at radius 1 is 1.37 bits per heavy atom. The molecular weight excluding hydrogens is 270 g/mol. The highest BCUT2D eigenvalue weighted by molar-refractivity contribution is 8.00. The zero-order chi connectivity index (χ0) is 14.3. The van der Waals surface area contributed by atoms with Crippen molar-refractivity contribution in [1.82, 2.24) is 10.2 Å². The van der Waals surface area contributed by atoms with Crippen LogP contribution >= 0.6 is 11.8 Å². The number of rotatable bonds is 7. The van der Waals surface area contributed by atoms with Crippen LogP contribution < -0.4 is 5.32 Å². The highest BCUT2D eigenvalue weighted by Crippen LogP contribution is 2.21. The molecule has 1 rings (SSSR count). The molecule has 1 amide bonds. The van der Waals surface area contributed by atoms with Crippen LogP contribution in [0.3, 0.4) is 0 Å². The third-order valence-corrected chi connectivity index (χ3v) is 3.41. The van der Waals surface area contributed by atoms with E-state index >= 15 is 0 Å². The maximum Gasteiger partial charge on any atom is 0.230 e. The lowest BCUT2D eigenvalue weighted by molar-refractivity contribution is -0.118. The molecule has 0 fully saturated rings. The molecule has 0 heterocycles. The molecule has 0 saturated heterocycles. The molecule has 0 aliphatic carbocycles. The van der Waals surface area contributed by atoms with Gasteiger partial charge >= 0.3 is 0 Å². The Kier molecular flexibility index (Phi) is 6.80. The molecule has 0 saturated carbocycles. The van der Waals surface area contributed by atoms with Gasteiger partial charge in [-0.3, -0.25) is 4.79 Å². The number of hydrogen-bond acceptors (Lipinski definition) is 3. The van der Waals surface area contributed by atoms with Crippen LogP contribution in [-0.4, -0.2) is 43.7 Å². The van der Waals surface area contributed by atoms with Crippen molar-refractivity contribution in [1.29, 1.82) is 0 Å². The highest BCUT2D eigenvalue weighted by atomic mass is 32.2. The average molecular weight is 288 g/mol. The number of carbonyl (C=O) groups excluding carboxylic acids is 1. The van der Waals surface area contributed by atoms with Gasteiger partial charge in [-0.05, 0) is 39.2 Å². The lowest BCUT2D eigenvalue weighted by Gasteiger charge is -2.09. The summed E-state index contributed by atoms with van der Waals surface area (Å²) in [7, 11) is 3.93. The van der Waals surface area contributed by atoms with Gasteiger partial charge in [0.05, 0.1) is 5.75 Å². The smallest absolute Gasteiger partial charge is 0.230 e. The maximum atomic E-state index is 13.3. The second-order valence-corrected chi connectivity index (χ2v) is 5.39. The largest absolute Gasteiger partial charge is 0.355 e. The number of nitrogens with zero attached hydrogens (tertiary/aromatic N) is 1. The summed E-state index contributed by atoms with van der Waals surface area (Å²) in [5.74, 6) is -1.27. The molecule has 0 aliphatic heterocycles. The SMILES string of the molecule is CN(C)CCCNC(=O)CSc1ccc(F)cc1F. The third-order valence-electron chi connectivity index (χ3n) is 2.36. The van der Waals surface area contributed by atoms with Gasteiger partial charge in [0, 0.05) is 17.5 Å². The topological polar surface area (TPSA) is 32.3 Å². The Morgan fingerprint density at radius 2 is 2.11 bits per heavy atom. The maximum absolute atomic E-state index is 13.3. The second-order valence-electron chi connectivity index (χ2n) is 4.37. The Labute approximate surface area is 116 Å². The predicted molar refractivity (Wildman–Crippen MR) is 73.3 cm³/mol. The van der Waals surface area contributed by atoms with E-state index in [1.165, 1.54) is 12.1 Å². The first-order valence-corrected chi connectivity index (χ1v) is 6.97. The third kappa shape index (κ3) is 6.54. The molecule has 6 heteroatoms. The summed E-state index contributed by atoms with van der Waals surface area (Å²) in [6.07, 6.45) is 0.869. The molecule has 0 aromatic heterocycles. The molecule has 0 radical (unpaired) electrons. The predicted octanol–water partition coefficient (Wildman–Crippen LogP) is 2.12. The molecular formula is C13H18F2N2OS. The van der Waals surface area contributed by atoms with Crippen molar-refractivity contribution in [2.24, 2.45) is 0 Å². The Bertz CT molecular complexity index is 427. The standard InChI is InChI=1S/C13H18F2N2OS/c1-17(2)7-3-6-16-13(18)9-19-12-5-4-10(14)8-11(12)15/h4-5,8H,3,6-7,9H2,1-2H3,(H,16,18). The highest BCUT2D eigenvalue weighted by Gasteiger charge is 2.07. The van der Waals surface area contributed by atoms with E-state index in [4.69, 9.17) is 0 Å². The van der Waals surface area contributed by atoms with Crippen LogP contribution in [0.4, 0.5) is 8.78 Å². The van der Waals surface area contributed by atoms with Crippen molar-refractivity contribution in [2.75, 3.05) is 32.9 Å². The van der Waals surface area contributed by atoms with Crippen LogP contribution in [0.2, 0.25) is 0 Å². The number of halogens is 2.